The molecule has 0 heterocycles. The summed E-state index contributed by atoms with van der Waals surface area (Å²) in [6, 6.07) is 21.3. The molecule has 1 aliphatic carbocycles. The van der Waals surface area contributed by atoms with Crippen molar-refractivity contribution in [2.75, 3.05) is 0 Å². The predicted octanol–water partition coefficient (Wildman–Crippen LogP) is 4.79. The Morgan fingerprint density at radius 2 is 1.54 bits per heavy atom. The van der Waals surface area contributed by atoms with E-state index < -0.39 is 0 Å². The van der Waals surface area contributed by atoms with Gasteiger partial charge in [-0.1, -0.05) is 48.5 Å². The number of benzene rings is 3. The number of aryl methyl sites for hydroxylation is 1. The van der Waals surface area contributed by atoms with Crippen molar-refractivity contribution in [3.05, 3.63) is 94.5 Å². The van der Waals surface area contributed by atoms with Gasteiger partial charge in [0.1, 0.15) is 11.5 Å². The molecule has 0 aliphatic heterocycles. The normalized spacial score (nSPS) is 14.8. The molecule has 3 aromatic rings. The van der Waals surface area contributed by atoms with E-state index >= 15 is 0 Å². The number of hydrogen-bond donors (Lipinski definition) is 2. The van der Waals surface area contributed by atoms with Gasteiger partial charge < -0.3 is 10.2 Å². The second-order valence-corrected chi connectivity index (χ2v) is 6.11. The van der Waals surface area contributed by atoms with Crippen LogP contribution in [0.3, 0.4) is 0 Å². The summed E-state index contributed by atoms with van der Waals surface area (Å²) in [5, 5.41) is 20.1. The molecule has 0 spiro atoms. The molecular weight excluding hydrogens is 296 g/mol. The molecule has 0 bridgehead atoms. The van der Waals surface area contributed by atoms with E-state index in [4.69, 9.17) is 0 Å². The lowest BCUT2D eigenvalue weighted by molar-refractivity contribution is 0.468. The quantitative estimate of drug-likeness (QED) is 0.678. The molecule has 0 saturated heterocycles. The fourth-order valence-electron chi connectivity index (χ4n) is 3.43. The summed E-state index contributed by atoms with van der Waals surface area (Å²) < 4.78 is 0. The Labute approximate surface area is 141 Å². The van der Waals surface area contributed by atoms with Crippen LogP contribution in [0.4, 0.5) is 0 Å². The number of aromatic hydroxyl groups is 2. The SMILES string of the molecule is Oc1cccc(C=C2c3ccccc3CCc3c(O)cccc32)c1. The maximum Gasteiger partial charge on any atom is 0.119 e. The van der Waals surface area contributed by atoms with E-state index in [1.165, 1.54) is 11.1 Å². The molecule has 4 rings (SSSR count). The molecule has 0 amide bonds. The lowest BCUT2D eigenvalue weighted by Crippen LogP contribution is -1.93. The Hall–Kier alpha value is -3.00. The van der Waals surface area contributed by atoms with E-state index in [2.05, 4.69) is 30.3 Å². The van der Waals surface area contributed by atoms with E-state index in [0.717, 1.165) is 35.1 Å². The van der Waals surface area contributed by atoms with E-state index in [9.17, 15) is 10.2 Å². The third kappa shape index (κ3) is 2.56. The van der Waals surface area contributed by atoms with Crippen LogP contribution in [0.2, 0.25) is 0 Å². The second kappa shape index (κ2) is 5.89. The first-order valence-electron chi connectivity index (χ1n) is 8.12. The highest BCUT2D eigenvalue weighted by molar-refractivity contribution is 5.94. The van der Waals surface area contributed by atoms with Gasteiger partial charge in [0.05, 0.1) is 0 Å². The van der Waals surface area contributed by atoms with Gasteiger partial charge in [-0.05, 0) is 64.9 Å². The number of phenolic OH excluding ortho intramolecular Hbond substituents is 2. The molecular formula is C22H18O2. The van der Waals surface area contributed by atoms with Crippen LogP contribution in [0.5, 0.6) is 11.5 Å². The van der Waals surface area contributed by atoms with Crippen molar-refractivity contribution in [2.45, 2.75) is 12.8 Å². The zero-order chi connectivity index (χ0) is 16.5. The summed E-state index contributed by atoms with van der Waals surface area (Å²) in [6.07, 6.45) is 3.80. The molecule has 0 aromatic heterocycles. The molecule has 0 fully saturated rings. The van der Waals surface area contributed by atoms with Crippen LogP contribution in [0, 0.1) is 0 Å². The van der Waals surface area contributed by atoms with E-state index in [-0.39, 0.29) is 5.75 Å². The van der Waals surface area contributed by atoms with E-state index in [1.54, 1.807) is 18.2 Å². The Morgan fingerprint density at radius 3 is 2.42 bits per heavy atom. The van der Waals surface area contributed by atoms with Crippen LogP contribution in [0.1, 0.15) is 27.8 Å². The third-order valence-electron chi connectivity index (χ3n) is 4.57. The highest BCUT2D eigenvalue weighted by Gasteiger charge is 2.19. The molecule has 2 nitrogen and oxygen atoms in total. The van der Waals surface area contributed by atoms with Crippen LogP contribution in [0.15, 0.2) is 66.7 Å². The number of phenols is 2. The van der Waals surface area contributed by atoms with Gasteiger partial charge in [0.2, 0.25) is 0 Å². The van der Waals surface area contributed by atoms with Crippen LogP contribution in [-0.2, 0) is 12.8 Å². The molecule has 3 aromatic carbocycles. The maximum atomic E-state index is 10.3. The Kier molecular flexibility index (Phi) is 3.58. The average Bonchev–Trinajstić information content (AvgIpc) is 2.74. The highest BCUT2D eigenvalue weighted by Crippen LogP contribution is 2.38. The van der Waals surface area contributed by atoms with E-state index in [1.807, 2.05) is 24.3 Å². The molecule has 1 aliphatic rings. The fraction of sp³-hybridized carbons (Fsp3) is 0.0909. The summed E-state index contributed by atoms with van der Waals surface area (Å²) >= 11 is 0. The van der Waals surface area contributed by atoms with Gasteiger partial charge in [0.15, 0.2) is 0 Å². The van der Waals surface area contributed by atoms with Crippen molar-refractivity contribution in [1.82, 2.24) is 0 Å². The molecule has 24 heavy (non-hydrogen) atoms. The minimum absolute atomic E-state index is 0.252. The van der Waals surface area contributed by atoms with Gasteiger partial charge in [0, 0.05) is 5.56 Å². The van der Waals surface area contributed by atoms with Crippen molar-refractivity contribution in [3.63, 3.8) is 0 Å². The van der Waals surface area contributed by atoms with Crippen molar-refractivity contribution in [1.29, 1.82) is 0 Å². The Morgan fingerprint density at radius 1 is 0.750 bits per heavy atom. The first kappa shape index (κ1) is 14.6. The Bertz CT molecular complexity index is 938. The highest BCUT2D eigenvalue weighted by atomic mass is 16.3. The van der Waals surface area contributed by atoms with Crippen molar-refractivity contribution < 1.29 is 10.2 Å². The number of hydrogen-bond acceptors (Lipinski definition) is 2. The fourth-order valence-corrected chi connectivity index (χ4v) is 3.43. The molecule has 0 saturated carbocycles. The van der Waals surface area contributed by atoms with Gasteiger partial charge in [-0.15, -0.1) is 0 Å². The lowest BCUT2D eigenvalue weighted by atomic mass is 9.92. The van der Waals surface area contributed by atoms with Crippen molar-refractivity contribution in [2.24, 2.45) is 0 Å². The van der Waals surface area contributed by atoms with Crippen molar-refractivity contribution in [3.8, 4) is 11.5 Å². The summed E-state index contributed by atoms with van der Waals surface area (Å²) in [6.45, 7) is 0. The van der Waals surface area contributed by atoms with Crippen LogP contribution < -0.4 is 0 Å². The molecule has 118 valence electrons. The predicted molar refractivity (Wildman–Crippen MR) is 97.0 cm³/mol. The van der Waals surface area contributed by atoms with Crippen molar-refractivity contribution >= 4 is 11.6 Å². The first-order chi connectivity index (χ1) is 11.7. The smallest absolute Gasteiger partial charge is 0.119 e. The van der Waals surface area contributed by atoms with E-state index in [0.29, 0.717) is 5.75 Å². The third-order valence-corrected chi connectivity index (χ3v) is 4.57. The lowest BCUT2D eigenvalue weighted by Gasteiger charge is -2.13. The molecule has 0 unspecified atom stereocenters. The van der Waals surface area contributed by atoms with Gasteiger partial charge in [0.25, 0.3) is 0 Å². The van der Waals surface area contributed by atoms with Gasteiger partial charge in [-0.3, -0.25) is 0 Å². The summed E-state index contributed by atoms with van der Waals surface area (Å²) in [5.41, 5.74) is 6.53. The molecule has 2 N–H and O–H groups in total. The monoisotopic (exact) mass is 314 g/mol. The largest absolute Gasteiger partial charge is 0.508 e. The summed E-state index contributed by atoms with van der Waals surface area (Å²) in [7, 11) is 0. The molecule has 0 radical (unpaired) electrons. The van der Waals surface area contributed by atoms with Crippen LogP contribution >= 0.6 is 0 Å². The van der Waals surface area contributed by atoms with Gasteiger partial charge >= 0.3 is 0 Å². The average molecular weight is 314 g/mol. The zero-order valence-electron chi connectivity index (χ0n) is 13.2. The first-order valence-corrected chi connectivity index (χ1v) is 8.12. The van der Waals surface area contributed by atoms with Crippen LogP contribution in [-0.4, -0.2) is 10.2 Å². The topological polar surface area (TPSA) is 40.5 Å². The summed E-state index contributed by atoms with van der Waals surface area (Å²) in [5.74, 6) is 0.601. The standard InChI is InChI=1S/C22H18O2/c23-17-7-3-5-15(13-17)14-21-18-8-2-1-6-16(18)11-12-20-19(21)9-4-10-22(20)24/h1-10,13-14,23-24H,11-12H2. The van der Waals surface area contributed by atoms with Crippen LogP contribution in [0.25, 0.3) is 11.6 Å². The molecule has 0 atom stereocenters. The minimum atomic E-state index is 0.252. The second-order valence-electron chi connectivity index (χ2n) is 6.11. The Balaban J connectivity index is 1.99. The zero-order valence-corrected chi connectivity index (χ0v) is 13.2. The minimum Gasteiger partial charge on any atom is -0.508 e. The molecule has 2 heteroatoms. The maximum absolute atomic E-state index is 10.3. The number of fused-ring (bicyclic) bond motifs is 2. The van der Waals surface area contributed by atoms with Gasteiger partial charge in [-0.25, -0.2) is 0 Å². The van der Waals surface area contributed by atoms with Gasteiger partial charge in [-0.2, -0.15) is 0 Å². The summed E-state index contributed by atoms with van der Waals surface area (Å²) in [4.78, 5) is 0. The number of rotatable bonds is 1.